The number of aliphatic hydroxyl groups excluding tert-OH is 1. The number of ketones is 1. The molecular weight excluding hydrogens is 422 g/mol. The third kappa shape index (κ3) is 8.03. The van der Waals surface area contributed by atoms with E-state index < -0.39 is 21.3 Å². The molecule has 1 aromatic rings. The number of carbonyl (C=O) groups excluding carboxylic acids is 2. The minimum Gasteiger partial charge on any atom is -0.490 e. The zero-order chi connectivity index (χ0) is 23.1. The van der Waals surface area contributed by atoms with E-state index in [4.69, 9.17) is 9.47 Å². The lowest BCUT2D eigenvalue weighted by Crippen LogP contribution is -2.28. The summed E-state index contributed by atoms with van der Waals surface area (Å²) in [6, 6.07) is 7.28. The van der Waals surface area contributed by atoms with Crippen molar-refractivity contribution in [1.29, 1.82) is 0 Å². The molecule has 0 saturated heterocycles. The molecule has 0 unspecified atom stereocenters. The first-order chi connectivity index (χ1) is 14.5. The van der Waals surface area contributed by atoms with Gasteiger partial charge in [0.25, 0.3) is 0 Å². The number of hydrogen-bond acceptors (Lipinski definition) is 7. The van der Waals surface area contributed by atoms with Crippen molar-refractivity contribution in [3.8, 4) is 5.75 Å². The van der Waals surface area contributed by atoms with Crippen molar-refractivity contribution >= 4 is 21.5 Å². The lowest BCUT2D eigenvalue weighted by atomic mass is 10.1. The first-order valence-corrected chi connectivity index (χ1v) is 11.6. The number of nitrogens with one attached hydrogen (secondary N) is 1. The molecule has 0 saturated carbocycles. The van der Waals surface area contributed by atoms with Crippen LogP contribution in [0.25, 0.3) is 0 Å². The van der Waals surface area contributed by atoms with Gasteiger partial charge in [-0.3, -0.25) is 9.59 Å². The molecule has 0 spiro atoms. The average Bonchev–Trinajstić information content (AvgIpc) is 2.96. The molecule has 0 bridgehead atoms. The number of rotatable bonds is 10. The highest BCUT2D eigenvalue weighted by molar-refractivity contribution is 7.93. The van der Waals surface area contributed by atoms with Crippen LogP contribution in [0, 0.1) is 0 Å². The van der Waals surface area contributed by atoms with Gasteiger partial charge >= 0.3 is 0 Å². The fourth-order valence-electron chi connectivity index (χ4n) is 2.61. The Morgan fingerprint density at radius 3 is 2.48 bits per heavy atom. The third-order valence-electron chi connectivity index (χ3n) is 4.39. The zero-order valence-corrected chi connectivity index (χ0v) is 18.6. The van der Waals surface area contributed by atoms with Crippen LogP contribution in [0.3, 0.4) is 0 Å². The normalized spacial score (nSPS) is 16.2. The summed E-state index contributed by atoms with van der Waals surface area (Å²) in [5.74, 6) is 0.351. The van der Waals surface area contributed by atoms with E-state index >= 15 is 0 Å². The smallest absolute Gasteiger partial charge is 0.244 e. The first-order valence-electron chi connectivity index (χ1n) is 9.63. The molecule has 1 aliphatic heterocycles. The maximum Gasteiger partial charge on any atom is 0.244 e. The molecule has 8 nitrogen and oxygen atoms in total. The number of amides is 1. The van der Waals surface area contributed by atoms with Crippen LogP contribution in [-0.4, -0.2) is 56.8 Å². The van der Waals surface area contributed by atoms with E-state index in [9.17, 15) is 23.1 Å². The molecule has 0 fully saturated rings. The maximum absolute atomic E-state index is 11.8. The summed E-state index contributed by atoms with van der Waals surface area (Å²) < 4.78 is 33.2. The number of hydrogen-bond donors (Lipinski definition) is 2. The predicted octanol–water partition coefficient (Wildman–Crippen LogP) is 1.46. The Hall–Kier alpha value is -2.91. The Bertz CT molecular complexity index is 1000. The number of aliphatic hydroxyl groups is 1. The number of benzene rings is 1. The van der Waals surface area contributed by atoms with Crippen LogP contribution in [0.4, 0.5) is 0 Å². The van der Waals surface area contributed by atoms with Gasteiger partial charge in [0, 0.05) is 35.9 Å². The standard InChI is InChI=1S/C22H27NO7S/c1-22(2)20(25)14-19(30-22)17(15-24)9-12-29-18-6-4-16(5-7-18)8-11-23-21(26)10-13-31(3,27)28/h4-7,9-10,13-14,24H,8,11-12,15H2,1-3H3,(H,23,26)/b13-10+,17-9-. The molecule has 0 atom stereocenters. The van der Waals surface area contributed by atoms with E-state index in [0.717, 1.165) is 23.3 Å². The van der Waals surface area contributed by atoms with E-state index in [1.807, 2.05) is 12.1 Å². The molecule has 2 rings (SSSR count). The zero-order valence-electron chi connectivity index (χ0n) is 17.8. The summed E-state index contributed by atoms with van der Waals surface area (Å²) in [5.41, 5.74) is 0.525. The SMILES string of the molecule is CC1(C)OC(/C(=C\COc2ccc(CCNC(=O)/C=C/S(C)(=O)=O)cc2)CO)=CC1=O. The average molecular weight is 450 g/mol. The minimum atomic E-state index is -3.33. The van der Waals surface area contributed by atoms with Crippen LogP contribution in [0.1, 0.15) is 19.4 Å². The Kier molecular flexibility index (Phi) is 8.18. The summed E-state index contributed by atoms with van der Waals surface area (Å²) in [4.78, 5) is 23.4. The van der Waals surface area contributed by atoms with Gasteiger partial charge in [0.15, 0.2) is 15.4 Å². The van der Waals surface area contributed by atoms with Gasteiger partial charge in [-0.2, -0.15) is 0 Å². The highest BCUT2D eigenvalue weighted by Crippen LogP contribution is 2.28. The van der Waals surface area contributed by atoms with E-state index in [0.29, 0.717) is 30.0 Å². The van der Waals surface area contributed by atoms with Crippen molar-refractivity contribution < 1.29 is 32.6 Å². The van der Waals surface area contributed by atoms with Gasteiger partial charge in [-0.15, -0.1) is 0 Å². The number of carbonyl (C=O) groups is 2. The van der Waals surface area contributed by atoms with E-state index in [1.165, 1.54) is 6.08 Å². The molecule has 31 heavy (non-hydrogen) atoms. The molecule has 0 aliphatic carbocycles. The minimum absolute atomic E-state index is 0.152. The van der Waals surface area contributed by atoms with Gasteiger partial charge in [0.2, 0.25) is 11.7 Å². The topological polar surface area (TPSA) is 119 Å². The summed E-state index contributed by atoms with van der Waals surface area (Å²) in [6.07, 6.45) is 5.62. The van der Waals surface area contributed by atoms with Crippen molar-refractivity contribution in [2.45, 2.75) is 25.9 Å². The molecule has 0 aromatic heterocycles. The highest BCUT2D eigenvalue weighted by Gasteiger charge is 2.35. The van der Waals surface area contributed by atoms with Crippen molar-refractivity contribution in [1.82, 2.24) is 5.32 Å². The molecule has 1 heterocycles. The fraction of sp³-hybridized carbons (Fsp3) is 0.364. The summed E-state index contributed by atoms with van der Waals surface area (Å²) in [6.45, 7) is 3.61. The Labute approximate surface area is 182 Å². The largest absolute Gasteiger partial charge is 0.490 e. The van der Waals surface area contributed by atoms with Crippen LogP contribution in [0.2, 0.25) is 0 Å². The molecular formula is C22H27NO7S. The molecule has 168 valence electrons. The number of sulfone groups is 1. The lowest BCUT2D eigenvalue weighted by Gasteiger charge is -2.18. The molecule has 1 amide bonds. The molecule has 0 radical (unpaired) electrons. The number of ether oxygens (including phenoxy) is 2. The Morgan fingerprint density at radius 2 is 1.94 bits per heavy atom. The van der Waals surface area contributed by atoms with Crippen LogP contribution < -0.4 is 10.1 Å². The fourth-order valence-corrected chi connectivity index (χ4v) is 2.98. The second-order valence-electron chi connectivity index (χ2n) is 7.50. The van der Waals surface area contributed by atoms with Gasteiger partial charge in [0.05, 0.1) is 6.61 Å². The summed E-state index contributed by atoms with van der Waals surface area (Å²) in [5, 5.41) is 13.0. The third-order valence-corrected chi connectivity index (χ3v) is 5.02. The second-order valence-corrected chi connectivity index (χ2v) is 9.43. The molecule has 2 N–H and O–H groups in total. The maximum atomic E-state index is 11.8. The van der Waals surface area contributed by atoms with Gasteiger partial charge < -0.3 is 19.9 Å². The Morgan fingerprint density at radius 1 is 1.26 bits per heavy atom. The second kappa shape index (κ2) is 10.4. The summed E-state index contributed by atoms with van der Waals surface area (Å²) in [7, 11) is -3.33. The molecule has 9 heteroatoms. The highest BCUT2D eigenvalue weighted by atomic mass is 32.2. The monoisotopic (exact) mass is 449 g/mol. The van der Waals surface area contributed by atoms with E-state index in [-0.39, 0.29) is 19.0 Å². The van der Waals surface area contributed by atoms with Crippen LogP contribution >= 0.6 is 0 Å². The van der Waals surface area contributed by atoms with Crippen molar-refractivity contribution in [3.05, 3.63) is 64.8 Å². The first kappa shape index (κ1) is 24.4. The summed E-state index contributed by atoms with van der Waals surface area (Å²) >= 11 is 0. The van der Waals surface area contributed by atoms with Crippen molar-refractivity contribution in [2.75, 3.05) is 26.0 Å². The van der Waals surface area contributed by atoms with E-state index in [2.05, 4.69) is 5.32 Å². The predicted molar refractivity (Wildman–Crippen MR) is 116 cm³/mol. The van der Waals surface area contributed by atoms with Crippen LogP contribution in [0.15, 0.2) is 59.2 Å². The van der Waals surface area contributed by atoms with Gasteiger partial charge in [-0.1, -0.05) is 12.1 Å². The van der Waals surface area contributed by atoms with E-state index in [1.54, 1.807) is 32.1 Å². The van der Waals surface area contributed by atoms with Gasteiger partial charge in [-0.25, -0.2) is 8.42 Å². The van der Waals surface area contributed by atoms with Crippen LogP contribution in [-0.2, 0) is 30.6 Å². The molecule has 1 aromatic carbocycles. The van der Waals surface area contributed by atoms with Gasteiger partial charge in [0.1, 0.15) is 18.1 Å². The Balaban J connectivity index is 1.81. The molecule has 1 aliphatic rings. The van der Waals surface area contributed by atoms with Gasteiger partial charge in [-0.05, 0) is 44.0 Å². The quantitative estimate of drug-likeness (QED) is 0.519. The van der Waals surface area contributed by atoms with Crippen LogP contribution in [0.5, 0.6) is 5.75 Å². The van der Waals surface area contributed by atoms with Crippen molar-refractivity contribution in [3.63, 3.8) is 0 Å². The van der Waals surface area contributed by atoms with Crippen molar-refractivity contribution in [2.24, 2.45) is 0 Å². The lowest BCUT2D eigenvalue weighted by molar-refractivity contribution is -0.126.